The van der Waals surface area contributed by atoms with Crippen LogP contribution in [0.4, 0.5) is 0 Å². The summed E-state index contributed by atoms with van der Waals surface area (Å²) in [5.74, 6) is 0. The molecular weight excluding hydrogens is 69.8 g/mol. The van der Waals surface area contributed by atoms with E-state index in [1.165, 1.54) is 7.00 Å². The molecule has 0 heterocycles. The molecule has 0 bridgehead atoms. The predicted molar refractivity (Wildman–Crippen MR) is 20.6 cm³/mol. The Balaban J connectivity index is 2.85. The van der Waals surface area contributed by atoms with Gasteiger partial charge in [0, 0.05) is 0 Å². The van der Waals surface area contributed by atoms with Gasteiger partial charge in [-0.1, -0.05) is 0 Å². The van der Waals surface area contributed by atoms with Crippen molar-refractivity contribution in [2.24, 2.45) is 0 Å². The summed E-state index contributed by atoms with van der Waals surface area (Å²) in [4.78, 5) is 0. The molecule has 0 aliphatic carbocycles. The predicted octanol–water partition coefficient (Wildman–Crippen LogP) is 0.678. The Labute approximate surface area is 29.1 Å². The first kappa shape index (κ1) is 2.41. The molecule has 0 aromatic heterocycles. The van der Waals surface area contributed by atoms with Crippen LogP contribution in [0.2, 0.25) is 6.82 Å². The lowest BCUT2D eigenvalue weighted by Crippen LogP contribution is -1.48. The highest BCUT2D eigenvalue weighted by molar-refractivity contribution is 7.60. The van der Waals surface area contributed by atoms with E-state index in [-0.39, 0.29) is 0 Å². The molecule has 0 saturated heterocycles. The Morgan fingerprint density at radius 2 is 2.75 bits per heavy atom. The first-order valence-electron chi connectivity index (χ1n) is 1.47. The zero-order valence-corrected chi connectivity index (χ0v) is 3.33. The van der Waals surface area contributed by atoms with Crippen molar-refractivity contribution in [3.05, 3.63) is 0 Å². The van der Waals surface area contributed by atoms with E-state index in [9.17, 15) is 4.57 Å². The van der Waals surface area contributed by atoms with E-state index in [1.54, 1.807) is 6.82 Å². The molecule has 1 radical (unpaired) electrons. The lowest BCUT2D eigenvalue weighted by Gasteiger charge is -1.26. The van der Waals surface area contributed by atoms with E-state index in [4.69, 9.17) is 1.28 Å². The molecule has 0 spiro atoms. The van der Waals surface area contributed by atoms with Crippen LogP contribution in [0.5, 0.6) is 0 Å². The van der Waals surface area contributed by atoms with Crippen LogP contribution in [0.3, 0.4) is 0 Å². The minimum atomic E-state index is -1.72. The summed E-state index contributed by atoms with van der Waals surface area (Å²) in [7, 11) is -1.72. The highest BCUT2D eigenvalue weighted by atomic mass is 31.1. The second-order valence-corrected chi connectivity index (χ2v) is 1.09. The van der Waals surface area contributed by atoms with Gasteiger partial charge in [0.25, 0.3) is 0 Å². The summed E-state index contributed by atoms with van der Waals surface area (Å²) >= 11 is 0. The standard InChI is InChI=1S/CH4BOP/c1-2-4-3/h4H,1H3/q+1/i4T. The summed E-state index contributed by atoms with van der Waals surface area (Å²) in [6.07, 6.45) is 0. The third-order valence-electron chi connectivity index (χ3n) is 0.105. The van der Waals surface area contributed by atoms with Crippen molar-refractivity contribution in [1.29, 1.82) is 1.28 Å². The zero-order chi connectivity index (χ0) is 4.28. The van der Waals surface area contributed by atoms with Crippen molar-refractivity contribution in [1.82, 2.24) is 0 Å². The third-order valence-corrected chi connectivity index (χ3v) is 0.316. The molecule has 0 fully saturated rings. The minimum Gasteiger partial charge on any atom is -0.102 e. The zero-order valence-electron chi connectivity index (χ0n) is 3.43. The van der Waals surface area contributed by atoms with Crippen LogP contribution >= 0.6 is 8.28 Å². The van der Waals surface area contributed by atoms with Gasteiger partial charge in [-0.2, -0.15) is 0 Å². The largest absolute Gasteiger partial charge is 0.475 e. The lowest BCUT2D eigenvalue weighted by atomic mass is 10.2. The van der Waals surface area contributed by atoms with E-state index in [0.29, 0.717) is 0 Å². The van der Waals surface area contributed by atoms with Crippen molar-refractivity contribution in [2.75, 3.05) is 0 Å². The summed E-state index contributed by atoms with van der Waals surface area (Å²) in [6.45, 7) is 2.95. The Morgan fingerprint density at radius 3 is 2.75 bits per heavy atom. The SMILES string of the molecule is [3H][P+](=O)[B]C. The second-order valence-electron chi connectivity index (χ2n) is 0.364. The van der Waals surface area contributed by atoms with Crippen molar-refractivity contribution < 1.29 is 4.57 Å². The molecule has 1 unspecified atom stereocenters. The van der Waals surface area contributed by atoms with Crippen LogP contribution in [-0.2, 0) is 4.57 Å². The molecule has 1 atom stereocenters. The fourth-order valence-corrected chi connectivity index (χ4v) is 0. The van der Waals surface area contributed by atoms with Crippen LogP contribution in [0.1, 0.15) is 0 Å². The Hall–Kier alpha value is 0.165. The van der Waals surface area contributed by atoms with Gasteiger partial charge in [0.2, 0.25) is 8.28 Å². The Kier molecular flexibility index (Phi) is 1.90. The van der Waals surface area contributed by atoms with Crippen LogP contribution in [0, 0.1) is 0 Å². The molecule has 0 aromatic rings. The van der Waals surface area contributed by atoms with E-state index in [1.807, 2.05) is 0 Å². The average Bonchev–Trinajstić information content (AvgIpc) is 1.38. The summed E-state index contributed by atoms with van der Waals surface area (Å²) in [5, 5.41) is 0. The van der Waals surface area contributed by atoms with E-state index >= 15 is 0 Å². The molecule has 0 aliphatic rings. The topological polar surface area (TPSA) is 17.1 Å². The number of hydrogen-bond acceptors (Lipinski definition) is 1. The molecule has 21 valence electrons. The first-order valence-corrected chi connectivity index (χ1v) is 1.90. The molecule has 0 amide bonds. The highest BCUT2D eigenvalue weighted by Gasteiger charge is 1.80. The highest BCUT2D eigenvalue weighted by Crippen LogP contribution is 1.78. The second kappa shape index (κ2) is 3.16. The Morgan fingerprint density at radius 1 is 2.50 bits per heavy atom. The molecule has 1 nitrogen and oxygen atoms in total. The van der Waals surface area contributed by atoms with Gasteiger partial charge in [-0.15, -0.1) is 4.57 Å². The Bertz CT molecular complexity index is 46.9. The number of hydrogen-bond donors (Lipinski definition) is 0. The van der Waals surface area contributed by atoms with E-state index in [0.717, 1.165) is 0 Å². The maximum Gasteiger partial charge on any atom is 0.475 e. The van der Waals surface area contributed by atoms with Crippen LogP contribution in [0.25, 0.3) is 0 Å². The van der Waals surface area contributed by atoms with Gasteiger partial charge < -0.3 is 0 Å². The third kappa shape index (κ3) is 2.16. The van der Waals surface area contributed by atoms with Crippen molar-refractivity contribution >= 4 is 15.3 Å². The molecule has 0 saturated carbocycles. The maximum absolute atomic E-state index is 9.57. The van der Waals surface area contributed by atoms with Gasteiger partial charge in [-0.05, 0) is 6.82 Å². The molecule has 4 heavy (non-hydrogen) atoms. The smallest absolute Gasteiger partial charge is 0.102 e. The van der Waals surface area contributed by atoms with Gasteiger partial charge in [0.1, 0.15) is 0 Å². The van der Waals surface area contributed by atoms with Gasteiger partial charge in [0.05, 0.1) is 0 Å². The fourth-order valence-electron chi connectivity index (χ4n) is 0. The fraction of sp³-hybridized carbons (Fsp3) is 1.00. The van der Waals surface area contributed by atoms with Crippen molar-refractivity contribution in [3.63, 3.8) is 0 Å². The first-order chi connectivity index (χ1) is 2.27. The molecule has 0 aromatic carbocycles. The normalized spacial score (nSPS) is 13.2. The number of rotatable bonds is 1. The molecular formula is CH4BOP+. The average molecular weight is 75.8 g/mol. The van der Waals surface area contributed by atoms with Crippen LogP contribution in [-0.4, -0.2) is 8.28 Å². The van der Waals surface area contributed by atoms with Gasteiger partial charge in [-0.3, -0.25) is 0 Å². The summed E-state index contributed by atoms with van der Waals surface area (Å²) in [5.41, 5.74) is 0. The van der Waals surface area contributed by atoms with Crippen molar-refractivity contribution in [2.45, 2.75) is 6.82 Å². The maximum atomic E-state index is 9.57. The van der Waals surface area contributed by atoms with Crippen molar-refractivity contribution in [3.8, 4) is 0 Å². The van der Waals surface area contributed by atoms with Gasteiger partial charge >= 0.3 is 8.28 Å². The van der Waals surface area contributed by atoms with Gasteiger partial charge in [-0.25, -0.2) is 0 Å². The van der Waals surface area contributed by atoms with E-state index in [2.05, 4.69) is 0 Å². The summed E-state index contributed by atoms with van der Waals surface area (Å²) in [6, 6.07) is 0. The molecule has 0 N–H and O–H groups in total. The quantitative estimate of drug-likeness (QED) is 0.331. The summed E-state index contributed by atoms with van der Waals surface area (Å²) < 4.78 is 15.9. The van der Waals surface area contributed by atoms with Gasteiger partial charge in [0.15, 0.2) is 0 Å². The lowest BCUT2D eigenvalue weighted by molar-refractivity contribution is 0.605. The van der Waals surface area contributed by atoms with Crippen LogP contribution in [0.15, 0.2) is 0 Å². The molecule has 3 heteroatoms. The monoisotopic (exact) mass is 76.0 g/mol. The molecule has 0 aliphatic heterocycles. The van der Waals surface area contributed by atoms with E-state index < -0.39 is 8.28 Å². The molecule has 0 rings (SSSR count). The van der Waals surface area contributed by atoms with Crippen LogP contribution < -0.4 is 0 Å². The minimum absolute atomic E-state index is 1.34.